The topological polar surface area (TPSA) is 148 Å². The van der Waals surface area contributed by atoms with Crippen LogP contribution < -0.4 is 22.2 Å². The quantitative estimate of drug-likeness (QED) is 0.143. The predicted octanol–water partition coefficient (Wildman–Crippen LogP) is 2.50. The zero-order chi connectivity index (χ0) is 24.2. The van der Waals surface area contributed by atoms with Crippen molar-refractivity contribution < 1.29 is 14.0 Å². The van der Waals surface area contributed by atoms with Crippen molar-refractivity contribution in [3.8, 4) is 0 Å². The number of rotatable bonds is 7. The third-order valence-corrected chi connectivity index (χ3v) is 4.49. The van der Waals surface area contributed by atoms with Gasteiger partial charge in [0.1, 0.15) is 29.5 Å². The van der Waals surface area contributed by atoms with Crippen LogP contribution in [0.15, 0.2) is 66.0 Å². The van der Waals surface area contributed by atoms with Gasteiger partial charge in [-0.25, -0.2) is 14.4 Å². The fraction of sp³-hybridized carbons (Fsp3) is 0.174. The fourth-order valence-corrected chi connectivity index (χ4v) is 2.61. The first-order chi connectivity index (χ1) is 15.8. The van der Waals surface area contributed by atoms with Crippen LogP contribution in [-0.2, 0) is 11.3 Å². The molecule has 0 fully saturated rings. The molecular weight excluding hydrogens is 425 g/mol. The van der Waals surface area contributed by atoms with E-state index in [0.29, 0.717) is 18.2 Å². The number of nitrogens with one attached hydrogen (secondary N) is 2. The second-order valence-electron chi connectivity index (χ2n) is 7.15. The summed E-state index contributed by atoms with van der Waals surface area (Å²) in [6, 6.07) is 15.1. The molecule has 6 N–H and O–H groups in total. The van der Waals surface area contributed by atoms with Gasteiger partial charge in [0.15, 0.2) is 0 Å². The number of hydrazone groups is 1. The summed E-state index contributed by atoms with van der Waals surface area (Å²) in [5.74, 6) is 5.46. The van der Waals surface area contributed by atoms with Crippen molar-refractivity contribution in [2.45, 2.75) is 26.3 Å². The molecule has 9 nitrogen and oxygen atoms in total. The number of halogens is 1. The Kier molecular flexibility index (Phi) is 9.44. The molecule has 0 radical (unpaired) electrons. The molecule has 2 aromatic carbocycles. The molecule has 2 amide bonds. The van der Waals surface area contributed by atoms with Crippen LogP contribution in [0.25, 0.3) is 0 Å². The van der Waals surface area contributed by atoms with E-state index in [4.69, 9.17) is 11.6 Å². The minimum Gasteiger partial charge on any atom is -0.382 e. The third kappa shape index (κ3) is 8.02. The molecule has 1 aromatic heterocycles. The first-order valence-corrected chi connectivity index (χ1v) is 10.0. The fourth-order valence-electron chi connectivity index (χ4n) is 2.61. The number of nitrogens with zero attached hydrogens (tertiary/aromatic N) is 3. The molecule has 0 unspecified atom stereocenters. The van der Waals surface area contributed by atoms with E-state index < -0.39 is 5.91 Å². The summed E-state index contributed by atoms with van der Waals surface area (Å²) in [5.41, 5.74) is 8.59. The molecule has 0 saturated heterocycles. The van der Waals surface area contributed by atoms with E-state index in [1.807, 2.05) is 24.3 Å². The number of hydrogen-bond donors (Lipinski definition) is 4. The highest BCUT2D eigenvalue weighted by Crippen LogP contribution is 2.14. The molecule has 0 spiro atoms. The van der Waals surface area contributed by atoms with Gasteiger partial charge in [0.05, 0.1) is 0 Å². The van der Waals surface area contributed by atoms with Crippen molar-refractivity contribution >= 4 is 24.0 Å². The van der Waals surface area contributed by atoms with E-state index in [9.17, 15) is 14.0 Å². The number of anilines is 1. The molecule has 0 aliphatic carbocycles. The van der Waals surface area contributed by atoms with Crippen LogP contribution in [-0.4, -0.2) is 28.1 Å². The average Bonchev–Trinajstić information content (AvgIpc) is 2.84. The van der Waals surface area contributed by atoms with Gasteiger partial charge >= 0.3 is 0 Å². The Morgan fingerprint density at radius 3 is 2.36 bits per heavy atom. The van der Waals surface area contributed by atoms with Crippen molar-refractivity contribution in [1.29, 1.82) is 0 Å². The molecule has 0 saturated carbocycles. The third-order valence-electron chi connectivity index (χ3n) is 4.49. The molecule has 0 bridgehead atoms. The van der Waals surface area contributed by atoms with Crippen molar-refractivity contribution in [3.05, 3.63) is 89.1 Å². The Bertz CT molecular complexity index is 1080. The van der Waals surface area contributed by atoms with Crippen LogP contribution in [0, 0.1) is 5.82 Å². The summed E-state index contributed by atoms with van der Waals surface area (Å²) in [7, 11) is 0. The lowest BCUT2D eigenvalue weighted by molar-refractivity contribution is -0.105. The number of carbonyl (C=O) groups excluding carboxylic acids is 2. The van der Waals surface area contributed by atoms with Crippen molar-refractivity contribution in [3.63, 3.8) is 0 Å². The van der Waals surface area contributed by atoms with E-state index in [2.05, 4.69) is 39.6 Å². The van der Waals surface area contributed by atoms with Crippen molar-refractivity contribution in [1.82, 2.24) is 15.3 Å². The van der Waals surface area contributed by atoms with Crippen molar-refractivity contribution in [2.24, 2.45) is 16.7 Å². The van der Waals surface area contributed by atoms with Gasteiger partial charge in [-0.1, -0.05) is 50.2 Å². The number of amides is 2. The predicted molar refractivity (Wildman–Crippen MR) is 125 cm³/mol. The molecule has 3 aromatic rings. The van der Waals surface area contributed by atoms with Gasteiger partial charge in [-0.05, 0) is 29.2 Å². The maximum absolute atomic E-state index is 12.7. The first kappa shape index (κ1) is 24.9. The number of hydrogen-bond acceptors (Lipinski definition) is 6. The normalized spacial score (nSPS) is 10.7. The summed E-state index contributed by atoms with van der Waals surface area (Å²) in [4.78, 5) is 29.7. The minimum atomic E-state index is -0.411. The lowest BCUT2D eigenvalue weighted by atomic mass is 10.0. The Hall–Kier alpha value is -4.34. The second-order valence-corrected chi connectivity index (χ2v) is 7.15. The number of benzene rings is 2. The maximum Gasteiger partial charge on any atom is 0.270 e. The van der Waals surface area contributed by atoms with Gasteiger partial charge in [-0.3, -0.25) is 9.59 Å². The maximum atomic E-state index is 12.7. The molecule has 0 aliphatic heterocycles. The Labute approximate surface area is 191 Å². The highest BCUT2D eigenvalue weighted by molar-refractivity contribution is 5.97. The van der Waals surface area contributed by atoms with Crippen LogP contribution in [0.3, 0.4) is 0 Å². The minimum absolute atomic E-state index is 0.131. The monoisotopic (exact) mass is 451 g/mol. The smallest absolute Gasteiger partial charge is 0.270 e. The average molecular weight is 452 g/mol. The highest BCUT2D eigenvalue weighted by atomic mass is 19.1. The SMILES string of the molecule is CC(C)c1ccc(/C(N)=N/N)cc1.O=CNc1cc(C(=O)NCc2ccc(F)cc2)ncn1. The van der Waals surface area contributed by atoms with E-state index in [-0.39, 0.29) is 23.9 Å². The molecule has 0 aliphatic rings. The molecule has 0 atom stereocenters. The Balaban J connectivity index is 0.000000257. The number of nitrogens with two attached hydrogens (primary N) is 2. The van der Waals surface area contributed by atoms with E-state index in [1.54, 1.807) is 12.1 Å². The summed E-state index contributed by atoms with van der Waals surface area (Å²) in [6.07, 6.45) is 1.64. The van der Waals surface area contributed by atoms with Crippen LogP contribution >= 0.6 is 0 Å². The standard InChI is InChI=1S/C13H11FN4O2.C10H15N3/c14-10-3-1-9(2-4-10)6-15-13(20)11-5-12(18-8-19)17-7-16-11;1-7(2)8-3-5-9(6-4-8)10(11)13-12/h1-5,7-8H,6H2,(H,15,20)(H,16,17,18,19);3-7H,12H2,1-2H3,(H2,11,13). The van der Waals surface area contributed by atoms with Gasteiger partial charge < -0.3 is 22.2 Å². The van der Waals surface area contributed by atoms with Crippen LogP contribution in [0.4, 0.5) is 10.2 Å². The second kappa shape index (κ2) is 12.5. The first-order valence-electron chi connectivity index (χ1n) is 10.0. The summed E-state index contributed by atoms with van der Waals surface area (Å²) in [6.45, 7) is 4.55. The molecule has 10 heteroatoms. The lowest BCUT2D eigenvalue weighted by Crippen LogP contribution is -2.24. The van der Waals surface area contributed by atoms with Crippen LogP contribution in [0.1, 0.15) is 46.9 Å². The molecule has 1 heterocycles. The summed E-state index contributed by atoms with van der Waals surface area (Å²) >= 11 is 0. The van der Waals surface area contributed by atoms with Crippen LogP contribution in [0.5, 0.6) is 0 Å². The Morgan fingerprint density at radius 1 is 1.12 bits per heavy atom. The largest absolute Gasteiger partial charge is 0.382 e. The van der Waals surface area contributed by atoms with Gasteiger partial charge in [0.2, 0.25) is 6.41 Å². The van der Waals surface area contributed by atoms with Gasteiger partial charge in [-0.15, -0.1) is 0 Å². The molecule has 3 rings (SSSR count). The summed E-state index contributed by atoms with van der Waals surface area (Å²) in [5, 5.41) is 8.39. The van der Waals surface area contributed by atoms with Gasteiger partial charge in [0.25, 0.3) is 5.91 Å². The van der Waals surface area contributed by atoms with Gasteiger partial charge in [0, 0.05) is 18.2 Å². The molecule has 172 valence electrons. The zero-order valence-electron chi connectivity index (χ0n) is 18.3. The number of carbonyl (C=O) groups is 2. The number of amidine groups is 1. The van der Waals surface area contributed by atoms with Gasteiger partial charge in [-0.2, -0.15) is 5.10 Å². The van der Waals surface area contributed by atoms with Crippen molar-refractivity contribution in [2.75, 3.05) is 5.32 Å². The van der Waals surface area contributed by atoms with Crippen LogP contribution in [0.2, 0.25) is 0 Å². The number of aromatic nitrogens is 2. The summed E-state index contributed by atoms with van der Waals surface area (Å²) < 4.78 is 12.7. The van der Waals surface area contributed by atoms with E-state index in [0.717, 1.165) is 11.1 Å². The van der Waals surface area contributed by atoms with E-state index in [1.165, 1.54) is 30.1 Å². The molecular formula is C23H26FN7O2. The van der Waals surface area contributed by atoms with E-state index >= 15 is 0 Å². The zero-order valence-corrected chi connectivity index (χ0v) is 18.3. The lowest BCUT2D eigenvalue weighted by Gasteiger charge is -2.05. The Morgan fingerprint density at radius 2 is 1.79 bits per heavy atom. The molecule has 33 heavy (non-hydrogen) atoms. The highest BCUT2D eigenvalue weighted by Gasteiger charge is 2.08.